The van der Waals surface area contributed by atoms with E-state index in [2.05, 4.69) is 29.5 Å². The maximum absolute atomic E-state index is 5.55. The zero-order chi connectivity index (χ0) is 11.1. The summed E-state index contributed by atoms with van der Waals surface area (Å²) in [6, 6.07) is 4.09. The summed E-state index contributed by atoms with van der Waals surface area (Å²) in [7, 11) is 0. The predicted octanol–water partition coefficient (Wildman–Crippen LogP) is 1.55. The molecule has 0 unspecified atom stereocenters. The Balaban J connectivity index is 2.65. The minimum absolute atomic E-state index is 0.501. The van der Waals surface area contributed by atoms with Crippen LogP contribution in [-0.2, 0) is 13.1 Å². The predicted molar refractivity (Wildman–Crippen MR) is 63.3 cm³/mol. The van der Waals surface area contributed by atoms with Gasteiger partial charge in [0.1, 0.15) is 0 Å². The Labute approximate surface area is 91.6 Å². The van der Waals surface area contributed by atoms with Crippen LogP contribution in [0.2, 0.25) is 0 Å². The maximum atomic E-state index is 5.55. The van der Waals surface area contributed by atoms with Gasteiger partial charge in [0.05, 0.1) is 5.69 Å². The van der Waals surface area contributed by atoms with Gasteiger partial charge in [0.15, 0.2) is 0 Å². The van der Waals surface area contributed by atoms with Crippen LogP contribution in [0.1, 0.15) is 18.2 Å². The molecule has 0 aliphatic rings. The van der Waals surface area contributed by atoms with Crippen molar-refractivity contribution in [1.82, 2.24) is 9.88 Å². The first-order valence-electron chi connectivity index (χ1n) is 5.27. The van der Waals surface area contributed by atoms with Crippen LogP contribution in [0.5, 0.6) is 0 Å². The van der Waals surface area contributed by atoms with Crippen LogP contribution in [0.25, 0.3) is 0 Å². The molecule has 15 heavy (non-hydrogen) atoms. The molecular weight excluding hydrogens is 186 g/mol. The lowest BCUT2D eigenvalue weighted by molar-refractivity contribution is 0.311. The SMILES string of the molecule is C=CCN(CC)Cc1ccnc(CN)c1. The molecule has 1 aromatic heterocycles. The fourth-order valence-corrected chi connectivity index (χ4v) is 1.48. The van der Waals surface area contributed by atoms with Gasteiger partial charge in [0, 0.05) is 25.8 Å². The molecule has 0 aliphatic heterocycles. The van der Waals surface area contributed by atoms with Gasteiger partial charge >= 0.3 is 0 Å². The van der Waals surface area contributed by atoms with Gasteiger partial charge in [-0.15, -0.1) is 6.58 Å². The molecule has 2 N–H and O–H groups in total. The van der Waals surface area contributed by atoms with E-state index in [9.17, 15) is 0 Å². The van der Waals surface area contributed by atoms with Gasteiger partial charge in [-0.1, -0.05) is 13.0 Å². The molecule has 0 atom stereocenters. The molecule has 0 saturated carbocycles. The second-order valence-corrected chi connectivity index (χ2v) is 3.48. The van der Waals surface area contributed by atoms with Crippen molar-refractivity contribution in [1.29, 1.82) is 0 Å². The van der Waals surface area contributed by atoms with Crippen LogP contribution in [0.3, 0.4) is 0 Å². The van der Waals surface area contributed by atoms with E-state index in [-0.39, 0.29) is 0 Å². The van der Waals surface area contributed by atoms with Crippen molar-refractivity contribution in [2.45, 2.75) is 20.0 Å². The first kappa shape index (κ1) is 11.9. The monoisotopic (exact) mass is 205 g/mol. The molecule has 1 aromatic rings. The Morgan fingerprint density at radius 1 is 1.60 bits per heavy atom. The smallest absolute Gasteiger partial charge is 0.0542 e. The van der Waals surface area contributed by atoms with Crippen molar-refractivity contribution in [3.63, 3.8) is 0 Å². The summed E-state index contributed by atoms with van der Waals surface area (Å²) in [6.07, 6.45) is 3.74. The number of likely N-dealkylation sites (N-methyl/N-ethyl adjacent to an activating group) is 1. The molecule has 0 aromatic carbocycles. The largest absolute Gasteiger partial charge is 0.325 e. The molecule has 0 fully saturated rings. The van der Waals surface area contributed by atoms with Crippen LogP contribution in [0.15, 0.2) is 31.0 Å². The average molecular weight is 205 g/mol. The van der Waals surface area contributed by atoms with Gasteiger partial charge in [0.2, 0.25) is 0 Å². The van der Waals surface area contributed by atoms with Gasteiger partial charge in [-0.05, 0) is 24.2 Å². The summed E-state index contributed by atoms with van der Waals surface area (Å²) in [5.41, 5.74) is 7.75. The summed E-state index contributed by atoms with van der Waals surface area (Å²) in [5.74, 6) is 0. The summed E-state index contributed by atoms with van der Waals surface area (Å²) in [6.45, 7) is 9.26. The Kier molecular flexibility index (Phi) is 5.01. The Bertz CT molecular complexity index is 309. The molecule has 82 valence electrons. The zero-order valence-electron chi connectivity index (χ0n) is 9.32. The Hall–Kier alpha value is -1.19. The molecule has 0 radical (unpaired) electrons. The summed E-state index contributed by atoms with van der Waals surface area (Å²) in [4.78, 5) is 6.48. The first-order valence-corrected chi connectivity index (χ1v) is 5.27. The quantitative estimate of drug-likeness (QED) is 0.716. The van der Waals surface area contributed by atoms with Crippen LogP contribution in [0.4, 0.5) is 0 Å². The van der Waals surface area contributed by atoms with E-state index < -0.39 is 0 Å². The number of hydrogen-bond acceptors (Lipinski definition) is 3. The van der Waals surface area contributed by atoms with E-state index in [1.54, 1.807) is 0 Å². The van der Waals surface area contributed by atoms with E-state index in [4.69, 9.17) is 5.73 Å². The molecule has 1 heterocycles. The van der Waals surface area contributed by atoms with Crippen LogP contribution in [0, 0.1) is 0 Å². The fourth-order valence-electron chi connectivity index (χ4n) is 1.48. The third kappa shape index (κ3) is 3.81. The van der Waals surface area contributed by atoms with E-state index in [0.717, 1.165) is 25.3 Å². The van der Waals surface area contributed by atoms with Crippen molar-refractivity contribution >= 4 is 0 Å². The van der Waals surface area contributed by atoms with Crippen LogP contribution in [-0.4, -0.2) is 23.0 Å². The number of aromatic nitrogens is 1. The van der Waals surface area contributed by atoms with E-state index >= 15 is 0 Å². The summed E-state index contributed by atoms with van der Waals surface area (Å²) >= 11 is 0. The van der Waals surface area contributed by atoms with Gasteiger partial charge in [0.25, 0.3) is 0 Å². The highest BCUT2D eigenvalue weighted by molar-refractivity contribution is 5.16. The molecule has 1 rings (SSSR count). The zero-order valence-corrected chi connectivity index (χ0v) is 9.32. The molecule has 0 saturated heterocycles. The molecule has 3 nitrogen and oxygen atoms in total. The number of hydrogen-bond donors (Lipinski definition) is 1. The van der Waals surface area contributed by atoms with E-state index in [1.165, 1.54) is 5.56 Å². The van der Waals surface area contributed by atoms with Gasteiger partial charge in [-0.2, -0.15) is 0 Å². The van der Waals surface area contributed by atoms with Gasteiger partial charge < -0.3 is 5.73 Å². The van der Waals surface area contributed by atoms with Gasteiger partial charge in [-0.3, -0.25) is 9.88 Å². The lowest BCUT2D eigenvalue weighted by atomic mass is 10.2. The minimum atomic E-state index is 0.501. The highest BCUT2D eigenvalue weighted by Crippen LogP contribution is 2.05. The number of nitrogens with zero attached hydrogens (tertiary/aromatic N) is 2. The third-order valence-corrected chi connectivity index (χ3v) is 2.33. The lowest BCUT2D eigenvalue weighted by Crippen LogP contribution is -2.22. The van der Waals surface area contributed by atoms with E-state index in [0.29, 0.717) is 6.54 Å². The second-order valence-electron chi connectivity index (χ2n) is 3.48. The molecular formula is C12H19N3. The van der Waals surface area contributed by atoms with Crippen LogP contribution < -0.4 is 5.73 Å². The molecule has 0 spiro atoms. The average Bonchev–Trinajstić information content (AvgIpc) is 2.29. The fraction of sp³-hybridized carbons (Fsp3) is 0.417. The molecule has 0 amide bonds. The Morgan fingerprint density at radius 2 is 2.40 bits per heavy atom. The van der Waals surface area contributed by atoms with Gasteiger partial charge in [-0.25, -0.2) is 0 Å². The standard InChI is InChI=1S/C12H19N3/c1-3-7-15(4-2)10-11-5-6-14-12(8-11)9-13/h3,5-6,8H,1,4,7,9-10,13H2,2H3. The summed E-state index contributed by atoms with van der Waals surface area (Å²) in [5, 5.41) is 0. The third-order valence-electron chi connectivity index (χ3n) is 2.33. The van der Waals surface area contributed by atoms with Crippen molar-refractivity contribution in [2.75, 3.05) is 13.1 Å². The highest BCUT2D eigenvalue weighted by atomic mass is 15.1. The molecule has 3 heteroatoms. The normalized spacial score (nSPS) is 10.6. The maximum Gasteiger partial charge on any atom is 0.0542 e. The summed E-state index contributed by atoms with van der Waals surface area (Å²) < 4.78 is 0. The first-order chi connectivity index (χ1) is 7.30. The van der Waals surface area contributed by atoms with Crippen molar-refractivity contribution in [2.24, 2.45) is 5.73 Å². The minimum Gasteiger partial charge on any atom is -0.325 e. The second kappa shape index (κ2) is 6.32. The topological polar surface area (TPSA) is 42.2 Å². The number of rotatable bonds is 6. The number of nitrogens with two attached hydrogens (primary N) is 1. The van der Waals surface area contributed by atoms with Crippen molar-refractivity contribution in [3.05, 3.63) is 42.2 Å². The van der Waals surface area contributed by atoms with E-state index in [1.807, 2.05) is 18.3 Å². The van der Waals surface area contributed by atoms with Crippen molar-refractivity contribution in [3.8, 4) is 0 Å². The van der Waals surface area contributed by atoms with Crippen molar-refractivity contribution < 1.29 is 0 Å². The van der Waals surface area contributed by atoms with Crippen LogP contribution >= 0.6 is 0 Å². The lowest BCUT2D eigenvalue weighted by Gasteiger charge is -2.18. The molecule has 0 bridgehead atoms. The highest BCUT2D eigenvalue weighted by Gasteiger charge is 2.02. The number of pyridine rings is 1. The Morgan fingerprint density at radius 3 is 3.00 bits per heavy atom. The molecule has 0 aliphatic carbocycles.